The lowest BCUT2D eigenvalue weighted by Gasteiger charge is -2.36. The molecule has 8 nitrogen and oxygen atoms in total. The summed E-state index contributed by atoms with van der Waals surface area (Å²) in [6.45, 7) is 10.3. The lowest BCUT2D eigenvalue weighted by Crippen LogP contribution is -2.49. The Morgan fingerprint density at radius 1 is 1.31 bits per heavy atom. The van der Waals surface area contributed by atoms with Crippen molar-refractivity contribution in [1.82, 2.24) is 24.3 Å². The minimum absolute atomic E-state index is 0.0894. The van der Waals surface area contributed by atoms with Gasteiger partial charge in [-0.15, -0.1) is 0 Å². The molecule has 29 heavy (non-hydrogen) atoms. The quantitative estimate of drug-likeness (QED) is 0.648. The predicted octanol–water partition coefficient (Wildman–Crippen LogP) is 1.12. The average molecular weight is 406 g/mol. The Balaban J connectivity index is 1.54. The first-order valence-electron chi connectivity index (χ1n) is 10.8. The van der Waals surface area contributed by atoms with Crippen LogP contribution in [-0.4, -0.2) is 88.0 Å². The fourth-order valence-corrected chi connectivity index (χ4v) is 4.09. The lowest BCUT2D eigenvalue weighted by atomic mass is 9.95. The molecule has 2 fully saturated rings. The largest absolute Gasteiger partial charge is 0.379 e. The third-order valence-electron chi connectivity index (χ3n) is 5.99. The van der Waals surface area contributed by atoms with E-state index in [9.17, 15) is 9.59 Å². The number of hydrogen-bond acceptors (Lipinski definition) is 5. The summed E-state index contributed by atoms with van der Waals surface area (Å²) in [4.78, 5) is 36.2. The molecule has 1 atom stereocenters. The maximum absolute atomic E-state index is 13.3. The highest BCUT2D eigenvalue weighted by molar-refractivity contribution is 5.84. The number of hydrogen-bond donors (Lipinski definition) is 0. The molecule has 2 aliphatic rings. The number of aromatic nitrogens is 2. The zero-order chi connectivity index (χ0) is 20.8. The Kier molecular flexibility index (Phi) is 7.66. The summed E-state index contributed by atoms with van der Waals surface area (Å²) >= 11 is 0. The Morgan fingerprint density at radius 2 is 2.07 bits per heavy atom. The maximum atomic E-state index is 13.3. The van der Waals surface area contributed by atoms with E-state index in [1.165, 1.54) is 0 Å². The van der Waals surface area contributed by atoms with Gasteiger partial charge in [0.2, 0.25) is 11.8 Å². The van der Waals surface area contributed by atoms with E-state index in [0.717, 1.165) is 51.6 Å². The molecule has 3 heterocycles. The number of carbonyl (C=O) groups is 2. The van der Waals surface area contributed by atoms with Crippen LogP contribution in [0, 0.1) is 5.92 Å². The van der Waals surface area contributed by atoms with Crippen LogP contribution in [0.3, 0.4) is 0 Å². The molecule has 0 spiro atoms. The number of likely N-dealkylation sites (tertiary alicyclic amines) is 1. The smallest absolute Gasteiger partial charge is 0.228 e. The molecule has 8 heteroatoms. The van der Waals surface area contributed by atoms with Gasteiger partial charge in [0.25, 0.3) is 0 Å². The monoisotopic (exact) mass is 405 g/mol. The topological polar surface area (TPSA) is 70.9 Å². The highest BCUT2D eigenvalue weighted by Gasteiger charge is 2.33. The fraction of sp³-hybridized carbons (Fsp3) is 0.762. The Bertz CT molecular complexity index is 684. The van der Waals surface area contributed by atoms with Gasteiger partial charge in [-0.05, 0) is 26.7 Å². The molecular formula is C21H35N5O3. The van der Waals surface area contributed by atoms with E-state index < -0.39 is 0 Å². The van der Waals surface area contributed by atoms with Crippen LogP contribution in [0.25, 0.3) is 0 Å². The summed E-state index contributed by atoms with van der Waals surface area (Å²) in [7, 11) is 1.95. The van der Waals surface area contributed by atoms with E-state index in [1.807, 2.05) is 41.5 Å². The maximum Gasteiger partial charge on any atom is 0.228 e. The van der Waals surface area contributed by atoms with Gasteiger partial charge in [0.05, 0.1) is 25.7 Å². The standard InChI is InChI=1S/C21H35N5O3/c1-17(2)26(16-19-22-7-10-23(19)3)21(28)18-5-6-20(27)25(15-18)9-4-8-24-11-13-29-14-12-24/h7,10,17-18H,4-6,8-9,11-16H2,1-3H3. The van der Waals surface area contributed by atoms with E-state index in [-0.39, 0.29) is 23.8 Å². The molecule has 1 unspecified atom stereocenters. The Hall–Kier alpha value is -1.93. The highest BCUT2D eigenvalue weighted by atomic mass is 16.5. The molecule has 1 aromatic rings. The van der Waals surface area contributed by atoms with Crippen molar-refractivity contribution < 1.29 is 14.3 Å². The first-order chi connectivity index (χ1) is 14.0. The number of imidazole rings is 1. The average Bonchev–Trinajstić information content (AvgIpc) is 3.12. The molecule has 2 saturated heterocycles. The van der Waals surface area contributed by atoms with Gasteiger partial charge in [-0.2, -0.15) is 0 Å². The minimum Gasteiger partial charge on any atom is -0.379 e. The summed E-state index contributed by atoms with van der Waals surface area (Å²) < 4.78 is 7.33. The van der Waals surface area contributed by atoms with Crippen molar-refractivity contribution in [1.29, 1.82) is 0 Å². The summed E-state index contributed by atoms with van der Waals surface area (Å²) in [5.41, 5.74) is 0. The fourth-order valence-electron chi connectivity index (χ4n) is 4.09. The summed E-state index contributed by atoms with van der Waals surface area (Å²) in [6.07, 6.45) is 5.69. The molecule has 0 N–H and O–H groups in total. The van der Waals surface area contributed by atoms with Crippen LogP contribution < -0.4 is 0 Å². The lowest BCUT2D eigenvalue weighted by molar-refractivity contribution is -0.144. The van der Waals surface area contributed by atoms with Gasteiger partial charge in [-0.1, -0.05) is 0 Å². The molecule has 0 aliphatic carbocycles. The molecule has 0 saturated carbocycles. The zero-order valence-corrected chi connectivity index (χ0v) is 18.0. The highest BCUT2D eigenvalue weighted by Crippen LogP contribution is 2.22. The van der Waals surface area contributed by atoms with Crippen LogP contribution in [0.4, 0.5) is 0 Å². The number of aryl methyl sites for hydroxylation is 1. The third kappa shape index (κ3) is 5.79. The van der Waals surface area contributed by atoms with Gasteiger partial charge in [-0.3, -0.25) is 14.5 Å². The van der Waals surface area contributed by atoms with E-state index in [4.69, 9.17) is 4.74 Å². The van der Waals surface area contributed by atoms with Crippen LogP contribution in [-0.2, 0) is 27.9 Å². The molecule has 2 aliphatic heterocycles. The van der Waals surface area contributed by atoms with Crippen LogP contribution in [0.2, 0.25) is 0 Å². The minimum atomic E-state index is -0.126. The first kappa shape index (κ1) is 21.8. The van der Waals surface area contributed by atoms with Crippen molar-refractivity contribution in [3.8, 4) is 0 Å². The molecule has 1 aromatic heterocycles. The second-order valence-corrected chi connectivity index (χ2v) is 8.40. The van der Waals surface area contributed by atoms with E-state index in [1.54, 1.807) is 6.20 Å². The third-order valence-corrected chi connectivity index (χ3v) is 5.99. The predicted molar refractivity (Wildman–Crippen MR) is 110 cm³/mol. The van der Waals surface area contributed by atoms with Gasteiger partial charge in [0.15, 0.2) is 0 Å². The van der Waals surface area contributed by atoms with Crippen molar-refractivity contribution >= 4 is 11.8 Å². The number of morpholine rings is 1. The van der Waals surface area contributed by atoms with E-state index in [2.05, 4.69) is 9.88 Å². The van der Waals surface area contributed by atoms with Gasteiger partial charge in [0.1, 0.15) is 5.82 Å². The molecule has 0 radical (unpaired) electrons. The number of amides is 2. The van der Waals surface area contributed by atoms with E-state index in [0.29, 0.717) is 25.9 Å². The van der Waals surface area contributed by atoms with Crippen LogP contribution in [0.5, 0.6) is 0 Å². The van der Waals surface area contributed by atoms with Gasteiger partial charge >= 0.3 is 0 Å². The van der Waals surface area contributed by atoms with Crippen LogP contribution in [0.1, 0.15) is 38.9 Å². The molecule has 0 aromatic carbocycles. The van der Waals surface area contributed by atoms with Crippen molar-refractivity contribution in [2.24, 2.45) is 13.0 Å². The molecule has 3 rings (SSSR count). The van der Waals surface area contributed by atoms with Gasteiger partial charge in [0, 0.05) is 64.6 Å². The molecule has 0 bridgehead atoms. The van der Waals surface area contributed by atoms with Gasteiger partial charge < -0.3 is 19.1 Å². The zero-order valence-electron chi connectivity index (χ0n) is 18.0. The summed E-state index contributed by atoms with van der Waals surface area (Å²) in [5, 5.41) is 0. The van der Waals surface area contributed by atoms with Crippen LogP contribution in [0.15, 0.2) is 12.4 Å². The first-order valence-corrected chi connectivity index (χ1v) is 10.8. The molecule has 162 valence electrons. The number of nitrogens with zero attached hydrogens (tertiary/aromatic N) is 5. The molecular weight excluding hydrogens is 370 g/mol. The van der Waals surface area contributed by atoms with Crippen LogP contribution >= 0.6 is 0 Å². The SMILES string of the molecule is CC(C)N(Cc1nccn1C)C(=O)C1CCC(=O)N(CCCN2CCOCC2)C1. The van der Waals surface area contributed by atoms with E-state index >= 15 is 0 Å². The van der Waals surface area contributed by atoms with Gasteiger partial charge in [-0.25, -0.2) is 4.98 Å². The number of ether oxygens (including phenoxy) is 1. The number of carbonyl (C=O) groups excluding carboxylic acids is 2. The Labute approximate surface area is 173 Å². The summed E-state index contributed by atoms with van der Waals surface area (Å²) in [6, 6.07) is 0.0894. The van der Waals surface area contributed by atoms with Crippen molar-refractivity contribution in [2.45, 2.75) is 45.7 Å². The van der Waals surface area contributed by atoms with Crippen molar-refractivity contribution in [2.75, 3.05) is 45.9 Å². The number of rotatable bonds is 8. The normalized spacial score (nSPS) is 21.0. The van der Waals surface area contributed by atoms with Crippen molar-refractivity contribution in [3.63, 3.8) is 0 Å². The second-order valence-electron chi connectivity index (χ2n) is 8.40. The van der Waals surface area contributed by atoms with Crippen molar-refractivity contribution in [3.05, 3.63) is 18.2 Å². The number of piperidine rings is 1. The second kappa shape index (κ2) is 10.2. The molecule has 2 amide bonds. The Morgan fingerprint density at radius 3 is 2.72 bits per heavy atom. The summed E-state index contributed by atoms with van der Waals surface area (Å²) in [5.74, 6) is 1.06.